The largest absolute Gasteiger partial charge is 0.483 e. The van der Waals surface area contributed by atoms with E-state index in [0.717, 1.165) is 17.7 Å². The average Bonchev–Trinajstić information content (AvgIpc) is 2.25. The van der Waals surface area contributed by atoms with Crippen molar-refractivity contribution < 1.29 is 9.53 Å². The smallest absolute Gasteiger partial charge is 0.255 e. The van der Waals surface area contributed by atoms with Gasteiger partial charge >= 0.3 is 0 Å². The number of nitrogens with two attached hydrogens (primary N) is 1. The van der Waals surface area contributed by atoms with Crippen LogP contribution in [0.25, 0.3) is 0 Å². The molecular formula is C12H17NO2. The molecule has 0 spiro atoms. The summed E-state index contributed by atoms with van der Waals surface area (Å²) >= 11 is 0. The Kier molecular flexibility index (Phi) is 4.16. The summed E-state index contributed by atoms with van der Waals surface area (Å²) in [5.74, 6) is 0.730. The van der Waals surface area contributed by atoms with Crippen molar-refractivity contribution in [2.24, 2.45) is 5.73 Å². The maximum absolute atomic E-state index is 10.6. The fraction of sp³-hybridized carbons (Fsp3) is 0.417. The number of carbonyl (C=O) groups is 1. The van der Waals surface area contributed by atoms with E-state index in [4.69, 9.17) is 10.5 Å². The molecule has 0 bridgehead atoms. The minimum Gasteiger partial charge on any atom is -0.483 e. The summed E-state index contributed by atoms with van der Waals surface area (Å²) in [7, 11) is 0. The molecule has 0 saturated carbocycles. The molecule has 0 aliphatic heterocycles. The van der Waals surface area contributed by atoms with Crippen LogP contribution < -0.4 is 10.5 Å². The van der Waals surface area contributed by atoms with Gasteiger partial charge in [-0.3, -0.25) is 4.79 Å². The third-order valence-corrected chi connectivity index (χ3v) is 2.43. The number of amides is 1. The summed E-state index contributed by atoms with van der Waals surface area (Å²) in [5.41, 5.74) is 6.16. The standard InChI is InChI=1S/C12H17NO2/c1-3-9(2)10-6-4-5-7-11(10)15-8-12(13)14/h4-7,9H,3,8H2,1-2H3,(H2,13,14)/t9-/m1/s1. The molecule has 0 heterocycles. The van der Waals surface area contributed by atoms with Gasteiger partial charge in [0.2, 0.25) is 0 Å². The van der Waals surface area contributed by atoms with Crippen molar-refractivity contribution in [1.82, 2.24) is 0 Å². The van der Waals surface area contributed by atoms with Crippen LogP contribution in [0.2, 0.25) is 0 Å². The molecule has 15 heavy (non-hydrogen) atoms. The molecule has 1 atom stereocenters. The fourth-order valence-electron chi connectivity index (χ4n) is 1.39. The van der Waals surface area contributed by atoms with Crippen LogP contribution in [0.4, 0.5) is 0 Å². The molecule has 0 unspecified atom stereocenters. The van der Waals surface area contributed by atoms with E-state index in [1.807, 2.05) is 24.3 Å². The lowest BCUT2D eigenvalue weighted by Crippen LogP contribution is -2.20. The molecule has 0 saturated heterocycles. The number of benzene rings is 1. The SMILES string of the molecule is CC[C@@H](C)c1ccccc1OCC(N)=O. The zero-order valence-electron chi connectivity index (χ0n) is 9.19. The third-order valence-electron chi connectivity index (χ3n) is 2.43. The van der Waals surface area contributed by atoms with Gasteiger partial charge in [-0.15, -0.1) is 0 Å². The maximum Gasteiger partial charge on any atom is 0.255 e. The van der Waals surface area contributed by atoms with Gasteiger partial charge < -0.3 is 10.5 Å². The van der Waals surface area contributed by atoms with Crippen LogP contribution in [0.15, 0.2) is 24.3 Å². The first-order valence-corrected chi connectivity index (χ1v) is 5.15. The van der Waals surface area contributed by atoms with E-state index >= 15 is 0 Å². The van der Waals surface area contributed by atoms with E-state index in [-0.39, 0.29) is 6.61 Å². The highest BCUT2D eigenvalue weighted by atomic mass is 16.5. The van der Waals surface area contributed by atoms with E-state index in [9.17, 15) is 4.79 Å². The Morgan fingerprint density at radius 2 is 2.13 bits per heavy atom. The minimum atomic E-state index is -0.450. The van der Waals surface area contributed by atoms with Gasteiger partial charge in [0.25, 0.3) is 5.91 Å². The van der Waals surface area contributed by atoms with E-state index < -0.39 is 5.91 Å². The normalized spacial score (nSPS) is 12.1. The van der Waals surface area contributed by atoms with Gasteiger partial charge in [0.05, 0.1) is 0 Å². The van der Waals surface area contributed by atoms with Crippen molar-refractivity contribution in [3.8, 4) is 5.75 Å². The average molecular weight is 207 g/mol. The molecule has 1 aromatic carbocycles. The van der Waals surface area contributed by atoms with Crippen molar-refractivity contribution in [3.05, 3.63) is 29.8 Å². The van der Waals surface area contributed by atoms with Gasteiger partial charge in [-0.05, 0) is 24.0 Å². The molecule has 1 rings (SSSR count). The predicted octanol–water partition coefficient (Wildman–Crippen LogP) is 2.06. The molecule has 0 aliphatic carbocycles. The van der Waals surface area contributed by atoms with Crippen molar-refractivity contribution in [2.45, 2.75) is 26.2 Å². The van der Waals surface area contributed by atoms with Crippen molar-refractivity contribution in [2.75, 3.05) is 6.61 Å². The van der Waals surface area contributed by atoms with Gasteiger partial charge in [0, 0.05) is 0 Å². The maximum atomic E-state index is 10.6. The quantitative estimate of drug-likeness (QED) is 0.803. The van der Waals surface area contributed by atoms with E-state index in [2.05, 4.69) is 13.8 Å². The number of para-hydroxylation sites is 1. The van der Waals surface area contributed by atoms with Gasteiger partial charge in [0.15, 0.2) is 6.61 Å². The summed E-state index contributed by atoms with van der Waals surface area (Å²) in [4.78, 5) is 10.6. The second-order valence-electron chi connectivity index (χ2n) is 3.60. The molecular weight excluding hydrogens is 190 g/mol. The van der Waals surface area contributed by atoms with Crippen LogP contribution in [0.5, 0.6) is 5.75 Å². The Morgan fingerprint density at radius 3 is 2.73 bits per heavy atom. The lowest BCUT2D eigenvalue weighted by molar-refractivity contribution is -0.119. The zero-order chi connectivity index (χ0) is 11.3. The lowest BCUT2D eigenvalue weighted by Gasteiger charge is -2.14. The molecule has 3 heteroatoms. The van der Waals surface area contributed by atoms with Crippen LogP contribution in [0, 0.1) is 0 Å². The van der Waals surface area contributed by atoms with E-state index in [1.54, 1.807) is 0 Å². The summed E-state index contributed by atoms with van der Waals surface area (Å²) in [6, 6.07) is 7.75. The Bertz CT molecular complexity index is 336. The molecule has 3 nitrogen and oxygen atoms in total. The summed E-state index contributed by atoms with van der Waals surface area (Å²) in [6.07, 6.45) is 1.04. The first-order valence-electron chi connectivity index (χ1n) is 5.15. The molecule has 0 radical (unpaired) electrons. The van der Waals surface area contributed by atoms with Gasteiger partial charge in [-0.25, -0.2) is 0 Å². The van der Waals surface area contributed by atoms with Crippen molar-refractivity contribution in [1.29, 1.82) is 0 Å². The highest BCUT2D eigenvalue weighted by molar-refractivity contribution is 5.75. The van der Waals surface area contributed by atoms with Crippen molar-refractivity contribution in [3.63, 3.8) is 0 Å². The van der Waals surface area contributed by atoms with Crippen LogP contribution in [-0.2, 0) is 4.79 Å². The Labute approximate surface area is 90.2 Å². The highest BCUT2D eigenvalue weighted by Gasteiger charge is 2.09. The first-order chi connectivity index (χ1) is 7.15. The number of carbonyl (C=O) groups excluding carboxylic acids is 1. The van der Waals surface area contributed by atoms with Crippen LogP contribution >= 0.6 is 0 Å². The Hall–Kier alpha value is -1.51. The molecule has 0 fully saturated rings. The topological polar surface area (TPSA) is 52.3 Å². The molecule has 0 aliphatic rings. The van der Waals surface area contributed by atoms with Crippen LogP contribution in [0.3, 0.4) is 0 Å². The monoisotopic (exact) mass is 207 g/mol. The molecule has 1 aromatic rings. The summed E-state index contributed by atoms with van der Waals surface area (Å²) in [5, 5.41) is 0. The second-order valence-corrected chi connectivity index (χ2v) is 3.60. The number of hydrogen-bond acceptors (Lipinski definition) is 2. The minimum absolute atomic E-state index is 0.0621. The Balaban J connectivity index is 2.81. The number of rotatable bonds is 5. The fourth-order valence-corrected chi connectivity index (χ4v) is 1.39. The predicted molar refractivity (Wildman–Crippen MR) is 59.8 cm³/mol. The second kappa shape index (κ2) is 5.39. The van der Waals surface area contributed by atoms with Crippen LogP contribution in [0.1, 0.15) is 31.7 Å². The zero-order valence-corrected chi connectivity index (χ0v) is 9.19. The van der Waals surface area contributed by atoms with E-state index in [0.29, 0.717) is 5.92 Å². The lowest BCUT2D eigenvalue weighted by atomic mass is 9.98. The van der Waals surface area contributed by atoms with Crippen LogP contribution in [-0.4, -0.2) is 12.5 Å². The third kappa shape index (κ3) is 3.27. The first kappa shape index (κ1) is 11.6. The van der Waals surface area contributed by atoms with Gasteiger partial charge in [-0.2, -0.15) is 0 Å². The van der Waals surface area contributed by atoms with E-state index in [1.165, 1.54) is 0 Å². The number of hydrogen-bond donors (Lipinski definition) is 1. The molecule has 82 valence electrons. The Morgan fingerprint density at radius 1 is 1.47 bits per heavy atom. The molecule has 1 amide bonds. The van der Waals surface area contributed by atoms with Crippen molar-refractivity contribution >= 4 is 5.91 Å². The molecule has 2 N–H and O–H groups in total. The van der Waals surface area contributed by atoms with Gasteiger partial charge in [-0.1, -0.05) is 32.0 Å². The number of ether oxygens (including phenoxy) is 1. The summed E-state index contributed by atoms with van der Waals surface area (Å²) < 4.78 is 5.35. The number of primary amides is 1. The summed E-state index contributed by atoms with van der Waals surface area (Å²) in [6.45, 7) is 4.19. The van der Waals surface area contributed by atoms with Gasteiger partial charge in [0.1, 0.15) is 5.75 Å². The molecule has 0 aromatic heterocycles. The highest BCUT2D eigenvalue weighted by Crippen LogP contribution is 2.28.